The lowest BCUT2D eigenvalue weighted by atomic mass is 10.1. The highest BCUT2D eigenvalue weighted by Crippen LogP contribution is 2.37. The van der Waals surface area contributed by atoms with Gasteiger partial charge in [0.2, 0.25) is 5.88 Å². The molecular formula is C18H15Cl2N3O2. The Morgan fingerprint density at radius 3 is 2.64 bits per heavy atom. The molecule has 25 heavy (non-hydrogen) atoms. The van der Waals surface area contributed by atoms with E-state index in [2.05, 4.69) is 15.2 Å². The maximum Gasteiger partial charge on any atom is 0.269 e. The zero-order valence-corrected chi connectivity index (χ0v) is 15.1. The van der Waals surface area contributed by atoms with Crippen LogP contribution in [0.1, 0.15) is 16.7 Å². The summed E-state index contributed by atoms with van der Waals surface area (Å²) >= 11 is 11.8. The second kappa shape index (κ2) is 6.86. The minimum Gasteiger partial charge on any atom is -0.493 e. The van der Waals surface area contributed by atoms with E-state index in [1.807, 2.05) is 26.0 Å². The molecule has 1 heterocycles. The Kier molecular flexibility index (Phi) is 4.79. The second-order valence-electron chi connectivity index (χ2n) is 5.77. The molecule has 1 aromatic heterocycles. The fraction of sp³-hybridized carbons (Fsp3) is 0.167. The first-order valence-electron chi connectivity index (χ1n) is 7.56. The van der Waals surface area contributed by atoms with Crippen LogP contribution in [-0.2, 0) is 11.2 Å². The predicted molar refractivity (Wildman–Crippen MR) is 99.1 cm³/mol. The van der Waals surface area contributed by atoms with Crippen molar-refractivity contribution in [3.8, 4) is 5.88 Å². The molecule has 0 aliphatic rings. The Morgan fingerprint density at radius 2 is 1.92 bits per heavy atom. The number of hydrogen-bond acceptors (Lipinski definition) is 3. The van der Waals surface area contributed by atoms with Gasteiger partial charge in [-0.3, -0.25) is 4.79 Å². The minimum absolute atomic E-state index is 0.0433. The lowest BCUT2D eigenvalue weighted by molar-refractivity contribution is -0.117. The summed E-state index contributed by atoms with van der Waals surface area (Å²) in [5.41, 5.74) is 3.82. The molecule has 0 saturated carbocycles. The van der Waals surface area contributed by atoms with Gasteiger partial charge in [-0.15, -0.1) is 10.2 Å². The molecule has 2 aromatic carbocycles. The van der Waals surface area contributed by atoms with Crippen molar-refractivity contribution >= 4 is 45.7 Å². The monoisotopic (exact) mass is 375 g/mol. The first-order chi connectivity index (χ1) is 11.9. The van der Waals surface area contributed by atoms with Gasteiger partial charge >= 0.3 is 0 Å². The number of benzene rings is 2. The number of halogens is 2. The van der Waals surface area contributed by atoms with E-state index in [1.165, 1.54) is 0 Å². The van der Waals surface area contributed by atoms with Gasteiger partial charge in [0.25, 0.3) is 5.91 Å². The van der Waals surface area contributed by atoms with Crippen molar-refractivity contribution < 1.29 is 9.90 Å². The molecule has 0 aliphatic carbocycles. The standard InChI is InChI=1S/C18H15Cl2N3O2/c1-9-3-5-12-16(10(9)2)21-18(25)17(12)23-22-15(24)8-11-4-6-13(19)14(20)7-11/h3-7,21,25H,8H2,1-2H3. The SMILES string of the molecule is Cc1ccc2c(N=NC(=O)Cc3ccc(Cl)c(Cl)c3)c(O)[nH]c2c1C. The van der Waals surface area contributed by atoms with E-state index < -0.39 is 5.91 Å². The number of hydrogen-bond donors (Lipinski definition) is 2. The number of rotatable bonds is 3. The highest BCUT2D eigenvalue weighted by atomic mass is 35.5. The maximum absolute atomic E-state index is 12.0. The number of azo groups is 1. The lowest BCUT2D eigenvalue weighted by Crippen LogP contribution is -1.97. The zero-order valence-electron chi connectivity index (χ0n) is 13.6. The van der Waals surface area contributed by atoms with Gasteiger partial charge in [0.05, 0.1) is 22.0 Å². The van der Waals surface area contributed by atoms with Gasteiger partial charge in [0.15, 0.2) is 5.69 Å². The van der Waals surface area contributed by atoms with Crippen molar-refractivity contribution in [2.45, 2.75) is 20.3 Å². The summed E-state index contributed by atoms with van der Waals surface area (Å²) < 4.78 is 0. The predicted octanol–water partition coefficient (Wildman–Crippen LogP) is 5.65. The molecule has 1 amide bonds. The normalized spacial score (nSPS) is 11.5. The molecular weight excluding hydrogens is 361 g/mol. The second-order valence-corrected chi connectivity index (χ2v) is 6.59. The first-order valence-corrected chi connectivity index (χ1v) is 8.31. The van der Waals surface area contributed by atoms with Gasteiger partial charge in [-0.1, -0.05) is 41.4 Å². The number of nitrogens with zero attached hydrogens (tertiary/aromatic N) is 2. The van der Waals surface area contributed by atoms with Gasteiger partial charge in [-0.2, -0.15) is 0 Å². The number of amides is 1. The van der Waals surface area contributed by atoms with Crippen molar-refractivity contribution in [3.63, 3.8) is 0 Å². The Labute approximate surface area is 154 Å². The number of fused-ring (bicyclic) bond motifs is 1. The van der Waals surface area contributed by atoms with Crippen LogP contribution >= 0.6 is 23.2 Å². The molecule has 3 rings (SSSR count). The third-order valence-corrected chi connectivity index (χ3v) is 4.80. The van der Waals surface area contributed by atoms with Gasteiger partial charge in [-0.25, -0.2) is 0 Å². The van der Waals surface area contributed by atoms with Crippen LogP contribution in [0.25, 0.3) is 10.9 Å². The van der Waals surface area contributed by atoms with Gasteiger partial charge in [-0.05, 0) is 42.7 Å². The lowest BCUT2D eigenvalue weighted by Gasteiger charge is -2.00. The Bertz CT molecular complexity index is 1010. The van der Waals surface area contributed by atoms with Crippen LogP contribution in [0, 0.1) is 13.8 Å². The van der Waals surface area contributed by atoms with E-state index >= 15 is 0 Å². The molecule has 3 aromatic rings. The van der Waals surface area contributed by atoms with E-state index in [9.17, 15) is 9.90 Å². The van der Waals surface area contributed by atoms with Crippen LogP contribution < -0.4 is 0 Å². The molecule has 7 heteroatoms. The minimum atomic E-state index is -0.448. The van der Waals surface area contributed by atoms with Crippen LogP contribution in [0.15, 0.2) is 40.6 Å². The molecule has 0 aliphatic heterocycles. The van der Waals surface area contributed by atoms with Crippen LogP contribution in [0.2, 0.25) is 10.0 Å². The summed E-state index contributed by atoms with van der Waals surface area (Å²) in [6.07, 6.45) is 0.0433. The molecule has 0 fully saturated rings. The third-order valence-electron chi connectivity index (χ3n) is 4.06. The number of aryl methyl sites for hydroxylation is 2. The summed E-state index contributed by atoms with van der Waals surface area (Å²) in [5, 5.41) is 19.2. The van der Waals surface area contributed by atoms with E-state index in [0.29, 0.717) is 21.0 Å². The number of H-pyrrole nitrogens is 1. The molecule has 0 atom stereocenters. The Hall–Kier alpha value is -2.37. The summed E-state index contributed by atoms with van der Waals surface area (Å²) in [7, 11) is 0. The molecule has 0 radical (unpaired) electrons. The summed E-state index contributed by atoms with van der Waals surface area (Å²) in [5.74, 6) is -0.564. The Balaban J connectivity index is 1.85. The van der Waals surface area contributed by atoms with E-state index in [0.717, 1.165) is 16.6 Å². The largest absolute Gasteiger partial charge is 0.493 e. The van der Waals surface area contributed by atoms with Crippen molar-refractivity contribution in [2.75, 3.05) is 0 Å². The van der Waals surface area contributed by atoms with Crippen molar-refractivity contribution in [1.29, 1.82) is 0 Å². The average Bonchev–Trinajstić information content (AvgIpc) is 2.89. The smallest absolute Gasteiger partial charge is 0.269 e. The summed E-state index contributed by atoms with van der Waals surface area (Å²) in [4.78, 5) is 14.9. The number of carbonyl (C=O) groups excluding carboxylic acids is 1. The molecule has 0 bridgehead atoms. The maximum atomic E-state index is 12.0. The number of carbonyl (C=O) groups is 1. The summed E-state index contributed by atoms with van der Waals surface area (Å²) in [6, 6.07) is 8.72. The summed E-state index contributed by atoms with van der Waals surface area (Å²) in [6.45, 7) is 3.93. The van der Waals surface area contributed by atoms with Crippen LogP contribution in [0.3, 0.4) is 0 Å². The quantitative estimate of drug-likeness (QED) is 0.580. The van der Waals surface area contributed by atoms with Crippen molar-refractivity contribution in [3.05, 3.63) is 57.1 Å². The highest BCUT2D eigenvalue weighted by Gasteiger charge is 2.13. The van der Waals surface area contributed by atoms with Crippen molar-refractivity contribution in [1.82, 2.24) is 4.98 Å². The van der Waals surface area contributed by atoms with Gasteiger partial charge in [0, 0.05) is 5.39 Å². The van der Waals surface area contributed by atoms with E-state index in [4.69, 9.17) is 23.2 Å². The van der Waals surface area contributed by atoms with Crippen molar-refractivity contribution in [2.24, 2.45) is 10.2 Å². The molecule has 0 saturated heterocycles. The fourth-order valence-corrected chi connectivity index (χ4v) is 2.87. The van der Waals surface area contributed by atoms with Crippen LogP contribution in [0.4, 0.5) is 5.69 Å². The fourth-order valence-electron chi connectivity index (χ4n) is 2.55. The topological polar surface area (TPSA) is 77.8 Å². The third kappa shape index (κ3) is 3.52. The Morgan fingerprint density at radius 1 is 1.16 bits per heavy atom. The van der Waals surface area contributed by atoms with E-state index in [-0.39, 0.29) is 18.0 Å². The van der Waals surface area contributed by atoms with Crippen LogP contribution in [0.5, 0.6) is 5.88 Å². The molecule has 128 valence electrons. The molecule has 5 nitrogen and oxygen atoms in total. The number of aromatic hydroxyl groups is 1. The van der Waals surface area contributed by atoms with Crippen LogP contribution in [-0.4, -0.2) is 16.0 Å². The number of aromatic nitrogens is 1. The number of nitrogens with one attached hydrogen (secondary N) is 1. The van der Waals surface area contributed by atoms with Gasteiger partial charge in [0.1, 0.15) is 0 Å². The molecule has 0 unspecified atom stereocenters. The zero-order chi connectivity index (χ0) is 18.1. The van der Waals surface area contributed by atoms with Gasteiger partial charge < -0.3 is 10.1 Å². The average molecular weight is 376 g/mol. The van der Waals surface area contributed by atoms with E-state index in [1.54, 1.807) is 18.2 Å². The number of aromatic amines is 1. The first kappa shape index (κ1) is 17.5. The molecule has 0 spiro atoms. The molecule has 2 N–H and O–H groups in total. The highest BCUT2D eigenvalue weighted by molar-refractivity contribution is 6.42.